The molecule has 2 atom stereocenters. The minimum atomic E-state index is -0.260. The van der Waals surface area contributed by atoms with E-state index in [4.69, 9.17) is 0 Å². The maximum absolute atomic E-state index is 12.6. The second-order valence-electron chi connectivity index (χ2n) is 6.20. The van der Waals surface area contributed by atoms with E-state index in [0.29, 0.717) is 5.41 Å². The number of rotatable bonds is 2. The minimum absolute atomic E-state index is 0.167. The summed E-state index contributed by atoms with van der Waals surface area (Å²) in [6, 6.07) is -0.260. The van der Waals surface area contributed by atoms with Crippen LogP contribution in [0.5, 0.6) is 0 Å². The average molecular weight is 277 g/mol. The van der Waals surface area contributed by atoms with Crippen LogP contribution in [0.25, 0.3) is 0 Å². The first-order valence-electron chi connectivity index (χ1n) is 7.54. The van der Waals surface area contributed by atoms with Gasteiger partial charge in [0.2, 0.25) is 5.91 Å². The molecule has 2 unspecified atom stereocenters. The summed E-state index contributed by atoms with van der Waals surface area (Å²) >= 11 is 0. The third kappa shape index (κ3) is 2.57. The highest BCUT2D eigenvalue weighted by atomic mass is 16.2. The Morgan fingerprint density at radius 3 is 2.95 bits per heavy atom. The molecule has 0 radical (unpaired) electrons. The van der Waals surface area contributed by atoms with Gasteiger partial charge in [0.1, 0.15) is 18.7 Å². The molecule has 1 amide bonds. The monoisotopic (exact) mass is 277 g/mol. The summed E-state index contributed by atoms with van der Waals surface area (Å²) < 4.78 is 1.64. The zero-order chi connectivity index (χ0) is 14.0. The van der Waals surface area contributed by atoms with Crippen LogP contribution in [0, 0.1) is 5.41 Å². The van der Waals surface area contributed by atoms with E-state index in [1.54, 1.807) is 11.0 Å². The van der Waals surface area contributed by atoms with Crippen molar-refractivity contribution in [1.82, 2.24) is 25.0 Å². The average Bonchev–Trinajstić information content (AvgIpc) is 3.01. The van der Waals surface area contributed by atoms with Crippen LogP contribution in [-0.2, 0) is 4.79 Å². The molecule has 2 fully saturated rings. The number of carbonyl (C=O) groups excluding carboxylic acids is 1. The summed E-state index contributed by atoms with van der Waals surface area (Å²) in [7, 11) is 0. The molecule has 0 aliphatic carbocycles. The number of hydrogen-bond donors (Lipinski definition) is 1. The van der Waals surface area contributed by atoms with Crippen LogP contribution < -0.4 is 5.32 Å². The van der Waals surface area contributed by atoms with Crippen LogP contribution in [0.4, 0.5) is 0 Å². The van der Waals surface area contributed by atoms with Crippen LogP contribution in [0.3, 0.4) is 0 Å². The molecule has 1 aromatic heterocycles. The van der Waals surface area contributed by atoms with Crippen LogP contribution in [0.15, 0.2) is 12.7 Å². The normalized spacial score (nSPS) is 28.6. The molecule has 6 heteroatoms. The van der Waals surface area contributed by atoms with Crippen molar-refractivity contribution in [2.45, 2.75) is 38.6 Å². The van der Waals surface area contributed by atoms with Gasteiger partial charge in [0, 0.05) is 25.0 Å². The molecule has 6 nitrogen and oxygen atoms in total. The zero-order valence-electron chi connectivity index (χ0n) is 12.1. The highest BCUT2D eigenvalue weighted by Crippen LogP contribution is 2.36. The molecule has 110 valence electrons. The van der Waals surface area contributed by atoms with Gasteiger partial charge < -0.3 is 10.2 Å². The molecule has 2 aliphatic heterocycles. The number of amides is 1. The van der Waals surface area contributed by atoms with E-state index in [-0.39, 0.29) is 11.9 Å². The maximum atomic E-state index is 12.6. The lowest BCUT2D eigenvalue weighted by Crippen LogP contribution is -2.53. The molecule has 1 aromatic rings. The highest BCUT2D eigenvalue weighted by Gasteiger charge is 2.39. The van der Waals surface area contributed by atoms with E-state index in [2.05, 4.69) is 15.4 Å². The van der Waals surface area contributed by atoms with Gasteiger partial charge in [-0.25, -0.2) is 9.67 Å². The number of hydrogen-bond acceptors (Lipinski definition) is 4. The summed E-state index contributed by atoms with van der Waals surface area (Å²) in [6.07, 6.45) is 7.90. The molecular formula is C14H23N5O. The first-order chi connectivity index (χ1) is 9.70. The molecule has 2 aliphatic rings. The van der Waals surface area contributed by atoms with E-state index in [0.717, 1.165) is 32.6 Å². The summed E-state index contributed by atoms with van der Waals surface area (Å²) in [5.41, 5.74) is 0.300. The van der Waals surface area contributed by atoms with Gasteiger partial charge in [0.25, 0.3) is 0 Å². The van der Waals surface area contributed by atoms with Crippen LogP contribution in [-0.4, -0.2) is 51.8 Å². The second kappa shape index (κ2) is 5.52. The predicted octanol–water partition coefficient (Wildman–Crippen LogP) is 0.831. The van der Waals surface area contributed by atoms with Gasteiger partial charge in [-0.1, -0.05) is 0 Å². The Bertz CT molecular complexity index is 447. The zero-order valence-corrected chi connectivity index (χ0v) is 12.1. The van der Waals surface area contributed by atoms with Gasteiger partial charge in [0.15, 0.2) is 0 Å². The smallest absolute Gasteiger partial charge is 0.247 e. The van der Waals surface area contributed by atoms with E-state index in [9.17, 15) is 4.79 Å². The topological polar surface area (TPSA) is 63.1 Å². The number of likely N-dealkylation sites (tertiary alicyclic amines) is 1. The SMILES string of the molecule is CC(C(=O)N1CCCC2(CCCNC2)C1)n1cncn1. The Morgan fingerprint density at radius 2 is 2.25 bits per heavy atom. The Kier molecular flexibility index (Phi) is 3.74. The number of nitrogens with zero attached hydrogens (tertiary/aromatic N) is 4. The van der Waals surface area contributed by atoms with E-state index in [1.165, 1.54) is 25.6 Å². The quantitative estimate of drug-likeness (QED) is 0.870. The summed E-state index contributed by atoms with van der Waals surface area (Å²) in [4.78, 5) is 18.6. The summed E-state index contributed by atoms with van der Waals surface area (Å²) in [5.74, 6) is 0.167. The van der Waals surface area contributed by atoms with Crippen molar-refractivity contribution < 1.29 is 4.79 Å². The number of aromatic nitrogens is 3. The second-order valence-corrected chi connectivity index (χ2v) is 6.20. The number of piperidine rings is 2. The third-order valence-electron chi connectivity index (χ3n) is 4.72. The largest absolute Gasteiger partial charge is 0.340 e. The van der Waals surface area contributed by atoms with E-state index in [1.807, 2.05) is 11.8 Å². The molecule has 3 heterocycles. The highest BCUT2D eigenvalue weighted by molar-refractivity contribution is 5.80. The van der Waals surface area contributed by atoms with Gasteiger partial charge in [-0.05, 0) is 39.2 Å². The number of nitrogens with one attached hydrogen (secondary N) is 1. The molecule has 3 rings (SSSR count). The lowest BCUT2D eigenvalue weighted by Gasteiger charge is -2.45. The van der Waals surface area contributed by atoms with Gasteiger partial charge in [-0.2, -0.15) is 5.10 Å². The molecule has 0 bridgehead atoms. The Balaban J connectivity index is 1.68. The molecule has 20 heavy (non-hydrogen) atoms. The fourth-order valence-corrected chi connectivity index (χ4v) is 3.57. The molecule has 1 N–H and O–H groups in total. The van der Waals surface area contributed by atoms with Gasteiger partial charge in [0.05, 0.1) is 0 Å². The molecule has 1 spiro atoms. The van der Waals surface area contributed by atoms with Crippen LogP contribution >= 0.6 is 0 Å². The molecule has 0 aromatic carbocycles. The Hall–Kier alpha value is -1.43. The molecule has 0 saturated carbocycles. The predicted molar refractivity (Wildman–Crippen MR) is 75.1 cm³/mol. The van der Waals surface area contributed by atoms with Crippen molar-refractivity contribution in [3.8, 4) is 0 Å². The van der Waals surface area contributed by atoms with Gasteiger partial charge >= 0.3 is 0 Å². The van der Waals surface area contributed by atoms with Gasteiger partial charge in [-0.15, -0.1) is 0 Å². The first-order valence-corrected chi connectivity index (χ1v) is 7.54. The van der Waals surface area contributed by atoms with Crippen molar-refractivity contribution >= 4 is 5.91 Å². The van der Waals surface area contributed by atoms with Crippen molar-refractivity contribution in [1.29, 1.82) is 0 Å². The molecular weight excluding hydrogens is 254 g/mol. The third-order valence-corrected chi connectivity index (χ3v) is 4.72. The lowest BCUT2D eigenvalue weighted by atomic mass is 9.74. The standard InChI is InChI=1S/C14H23N5O/c1-12(19-11-16-10-17-19)13(20)18-7-3-5-14(9-18)4-2-6-15-8-14/h10-12,15H,2-9H2,1H3. The lowest BCUT2D eigenvalue weighted by molar-refractivity contribution is -0.138. The first kappa shape index (κ1) is 13.5. The van der Waals surface area contributed by atoms with Crippen molar-refractivity contribution in [3.63, 3.8) is 0 Å². The fourth-order valence-electron chi connectivity index (χ4n) is 3.57. The Morgan fingerprint density at radius 1 is 1.40 bits per heavy atom. The van der Waals surface area contributed by atoms with Crippen LogP contribution in [0.1, 0.15) is 38.6 Å². The van der Waals surface area contributed by atoms with Crippen molar-refractivity contribution in [2.24, 2.45) is 5.41 Å². The summed E-state index contributed by atoms with van der Waals surface area (Å²) in [5, 5.41) is 7.58. The van der Waals surface area contributed by atoms with Crippen molar-refractivity contribution in [2.75, 3.05) is 26.2 Å². The minimum Gasteiger partial charge on any atom is -0.340 e. The van der Waals surface area contributed by atoms with Gasteiger partial charge in [-0.3, -0.25) is 4.79 Å². The maximum Gasteiger partial charge on any atom is 0.247 e. The Labute approximate surface area is 119 Å². The summed E-state index contributed by atoms with van der Waals surface area (Å²) in [6.45, 7) is 5.83. The number of carbonyl (C=O) groups is 1. The van der Waals surface area contributed by atoms with E-state index < -0.39 is 0 Å². The fraction of sp³-hybridized carbons (Fsp3) is 0.786. The van der Waals surface area contributed by atoms with Crippen molar-refractivity contribution in [3.05, 3.63) is 12.7 Å². The van der Waals surface area contributed by atoms with E-state index >= 15 is 0 Å². The van der Waals surface area contributed by atoms with Crippen LogP contribution in [0.2, 0.25) is 0 Å². The molecule has 2 saturated heterocycles.